The highest BCUT2D eigenvalue weighted by Crippen LogP contribution is 2.21. The molecule has 0 saturated heterocycles. The number of rotatable bonds is 2. The molecule has 0 bridgehead atoms. The van der Waals surface area contributed by atoms with E-state index in [1.165, 1.54) is 0 Å². The van der Waals surface area contributed by atoms with Crippen LogP contribution in [0.2, 0.25) is 5.15 Å². The lowest BCUT2D eigenvalue weighted by Gasteiger charge is -2.08. The Morgan fingerprint density at radius 3 is 2.89 bits per heavy atom. The molecule has 1 aromatic carbocycles. The lowest BCUT2D eigenvalue weighted by molar-refractivity contribution is 0.791. The van der Waals surface area contributed by atoms with E-state index in [1.54, 1.807) is 6.07 Å². The van der Waals surface area contributed by atoms with Crippen LogP contribution in [0.15, 0.2) is 48.7 Å². The molecule has 0 radical (unpaired) electrons. The van der Waals surface area contributed by atoms with Crippen molar-refractivity contribution in [2.75, 3.05) is 0 Å². The number of hydrogen-bond acceptors (Lipinski definition) is 2. The summed E-state index contributed by atoms with van der Waals surface area (Å²) in [5.74, 6) is 0. The first-order valence-corrected chi connectivity index (χ1v) is 6.25. The van der Waals surface area contributed by atoms with Crippen LogP contribution in [-0.2, 0) is 6.54 Å². The van der Waals surface area contributed by atoms with Gasteiger partial charge in [0.25, 0.3) is 0 Å². The first kappa shape index (κ1) is 11.8. The fourth-order valence-electron chi connectivity index (χ4n) is 2.08. The first-order chi connectivity index (χ1) is 9.28. The van der Waals surface area contributed by atoms with E-state index >= 15 is 0 Å². The SMILES string of the molecule is N#Cc1cccn1Cc1cc2ccccc2nc1Cl. The van der Waals surface area contributed by atoms with E-state index in [0.717, 1.165) is 16.5 Å². The molecule has 2 heterocycles. The van der Waals surface area contributed by atoms with Crippen molar-refractivity contribution < 1.29 is 0 Å². The topological polar surface area (TPSA) is 41.6 Å². The first-order valence-electron chi connectivity index (χ1n) is 5.87. The van der Waals surface area contributed by atoms with Gasteiger partial charge in [0, 0.05) is 17.1 Å². The van der Waals surface area contributed by atoms with Gasteiger partial charge >= 0.3 is 0 Å². The Kier molecular flexibility index (Phi) is 2.94. The molecular weight excluding hydrogens is 258 g/mol. The van der Waals surface area contributed by atoms with E-state index < -0.39 is 0 Å². The Morgan fingerprint density at radius 2 is 2.05 bits per heavy atom. The Balaban J connectivity index is 2.06. The second-order valence-electron chi connectivity index (χ2n) is 4.26. The maximum absolute atomic E-state index is 9.01. The van der Waals surface area contributed by atoms with E-state index in [4.69, 9.17) is 16.9 Å². The van der Waals surface area contributed by atoms with Gasteiger partial charge in [-0.3, -0.25) is 0 Å². The predicted molar refractivity (Wildman–Crippen MR) is 75.0 cm³/mol. The lowest BCUT2D eigenvalue weighted by atomic mass is 10.1. The summed E-state index contributed by atoms with van der Waals surface area (Å²) in [5.41, 5.74) is 2.40. The molecule has 4 heteroatoms. The number of fused-ring (bicyclic) bond motifs is 1. The summed E-state index contributed by atoms with van der Waals surface area (Å²) in [6, 6.07) is 15.6. The molecule has 0 amide bonds. The molecule has 0 aliphatic carbocycles. The molecule has 0 spiro atoms. The maximum atomic E-state index is 9.01. The van der Waals surface area contributed by atoms with Crippen LogP contribution in [0, 0.1) is 11.3 Å². The standard InChI is InChI=1S/C15H10ClN3/c16-15-12(10-19-7-3-5-13(19)9-17)8-11-4-1-2-6-14(11)18-15/h1-8H,10H2. The summed E-state index contributed by atoms with van der Waals surface area (Å²) < 4.78 is 1.86. The fourth-order valence-corrected chi connectivity index (χ4v) is 2.29. The number of nitrogens with zero attached hydrogens (tertiary/aromatic N) is 3. The van der Waals surface area contributed by atoms with Gasteiger partial charge in [-0.05, 0) is 24.3 Å². The minimum atomic E-state index is 0.483. The van der Waals surface area contributed by atoms with Gasteiger partial charge in [0.15, 0.2) is 0 Å². The average molecular weight is 268 g/mol. The zero-order valence-electron chi connectivity index (χ0n) is 10.0. The van der Waals surface area contributed by atoms with E-state index in [1.807, 2.05) is 47.2 Å². The largest absolute Gasteiger partial charge is 0.335 e. The van der Waals surface area contributed by atoms with Crippen molar-refractivity contribution in [1.29, 1.82) is 5.26 Å². The van der Waals surface area contributed by atoms with Crippen molar-refractivity contribution in [3.05, 3.63) is 65.1 Å². The van der Waals surface area contributed by atoms with Gasteiger partial charge in [0.1, 0.15) is 16.9 Å². The van der Waals surface area contributed by atoms with E-state index in [9.17, 15) is 0 Å². The normalized spacial score (nSPS) is 10.5. The number of para-hydroxylation sites is 1. The highest BCUT2D eigenvalue weighted by atomic mass is 35.5. The van der Waals surface area contributed by atoms with Crippen molar-refractivity contribution >= 4 is 22.5 Å². The number of halogens is 1. The Hall–Kier alpha value is -2.31. The predicted octanol–water partition coefficient (Wildman–Crippen LogP) is 3.61. The molecule has 0 fully saturated rings. The number of pyridine rings is 1. The Morgan fingerprint density at radius 1 is 1.21 bits per heavy atom. The molecular formula is C15H10ClN3. The summed E-state index contributed by atoms with van der Waals surface area (Å²) in [7, 11) is 0. The van der Waals surface area contributed by atoms with Gasteiger partial charge in [-0.2, -0.15) is 5.26 Å². The number of hydrogen-bond donors (Lipinski definition) is 0. The minimum Gasteiger partial charge on any atom is -0.335 e. The Labute approximate surface area is 115 Å². The van der Waals surface area contributed by atoms with Gasteiger partial charge in [-0.25, -0.2) is 4.98 Å². The summed E-state index contributed by atoms with van der Waals surface area (Å²) in [6.45, 7) is 0.548. The molecule has 3 rings (SSSR count). The average Bonchev–Trinajstić information content (AvgIpc) is 2.87. The third kappa shape index (κ3) is 2.18. The van der Waals surface area contributed by atoms with Gasteiger partial charge in [-0.15, -0.1) is 0 Å². The highest BCUT2D eigenvalue weighted by molar-refractivity contribution is 6.30. The second kappa shape index (κ2) is 4.75. The number of nitriles is 1. The highest BCUT2D eigenvalue weighted by Gasteiger charge is 2.07. The molecule has 0 N–H and O–H groups in total. The molecule has 0 saturated carbocycles. The van der Waals surface area contributed by atoms with Crippen molar-refractivity contribution in [1.82, 2.24) is 9.55 Å². The Bertz CT molecular complexity index is 783. The van der Waals surface area contributed by atoms with Gasteiger partial charge in [-0.1, -0.05) is 29.8 Å². The summed E-state index contributed by atoms with van der Waals surface area (Å²) in [4.78, 5) is 4.38. The molecule has 19 heavy (non-hydrogen) atoms. The van der Waals surface area contributed by atoms with Crippen molar-refractivity contribution in [2.45, 2.75) is 6.54 Å². The van der Waals surface area contributed by atoms with Crippen LogP contribution in [0.5, 0.6) is 0 Å². The third-order valence-corrected chi connectivity index (χ3v) is 3.36. The number of aromatic nitrogens is 2. The maximum Gasteiger partial charge on any atom is 0.134 e. The molecule has 2 aromatic heterocycles. The molecule has 3 nitrogen and oxygen atoms in total. The van der Waals surface area contributed by atoms with Crippen molar-refractivity contribution in [2.24, 2.45) is 0 Å². The van der Waals surface area contributed by atoms with Crippen molar-refractivity contribution in [3.63, 3.8) is 0 Å². The molecule has 0 aliphatic heterocycles. The zero-order chi connectivity index (χ0) is 13.2. The van der Waals surface area contributed by atoms with Crippen LogP contribution in [0.1, 0.15) is 11.3 Å². The smallest absolute Gasteiger partial charge is 0.134 e. The minimum absolute atomic E-state index is 0.483. The van der Waals surface area contributed by atoms with Gasteiger partial charge < -0.3 is 4.57 Å². The lowest BCUT2D eigenvalue weighted by Crippen LogP contribution is -2.02. The second-order valence-corrected chi connectivity index (χ2v) is 4.62. The summed E-state index contributed by atoms with van der Waals surface area (Å²) in [5, 5.41) is 10.5. The quantitative estimate of drug-likeness (QED) is 0.666. The van der Waals surface area contributed by atoms with Crippen LogP contribution in [0.3, 0.4) is 0 Å². The molecule has 0 aliphatic rings. The van der Waals surface area contributed by atoms with Gasteiger partial charge in [0.05, 0.1) is 12.1 Å². The van der Waals surface area contributed by atoms with Crippen LogP contribution in [0.25, 0.3) is 10.9 Å². The molecule has 92 valence electrons. The zero-order valence-corrected chi connectivity index (χ0v) is 10.8. The molecule has 0 unspecified atom stereocenters. The van der Waals surface area contributed by atoms with Crippen LogP contribution in [-0.4, -0.2) is 9.55 Å². The summed E-state index contributed by atoms with van der Waals surface area (Å²) in [6.07, 6.45) is 1.87. The van der Waals surface area contributed by atoms with E-state index in [0.29, 0.717) is 17.4 Å². The van der Waals surface area contributed by atoms with Crippen LogP contribution < -0.4 is 0 Å². The van der Waals surface area contributed by atoms with Crippen molar-refractivity contribution in [3.8, 4) is 6.07 Å². The summed E-state index contributed by atoms with van der Waals surface area (Å²) >= 11 is 6.21. The van der Waals surface area contributed by atoms with Crippen LogP contribution in [0.4, 0.5) is 0 Å². The molecule has 0 atom stereocenters. The van der Waals surface area contributed by atoms with E-state index in [2.05, 4.69) is 11.1 Å². The third-order valence-electron chi connectivity index (χ3n) is 3.03. The van der Waals surface area contributed by atoms with Gasteiger partial charge in [0.2, 0.25) is 0 Å². The number of benzene rings is 1. The molecule has 3 aromatic rings. The van der Waals surface area contributed by atoms with Crippen LogP contribution >= 0.6 is 11.6 Å². The fraction of sp³-hybridized carbons (Fsp3) is 0.0667. The van der Waals surface area contributed by atoms with E-state index in [-0.39, 0.29) is 0 Å². The monoisotopic (exact) mass is 267 g/mol.